The van der Waals surface area contributed by atoms with E-state index in [0.717, 1.165) is 22.5 Å². The molecule has 0 N–H and O–H groups in total. The average molecular weight is 424 g/mol. The predicted molar refractivity (Wildman–Crippen MR) is 87.4 cm³/mol. The van der Waals surface area contributed by atoms with Crippen LogP contribution in [0, 0.1) is 3.57 Å². The molecule has 0 aromatic carbocycles. The summed E-state index contributed by atoms with van der Waals surface area (Å²) in [6.45, 7) is 3.31. The number of hydrogen-bond donors (Lipinski definition) is 0. The third kappa shape index (κ3) is 4.05. The second-order valence-electron chi connectivity index (χ2n) is 4.91. The van der Waals surface area contributed by atoms with Crippen LogP contribution in [-0.4, -0.2) is 27.4 Å². The highest BCUT2D eigenvalue weighted by Crippen LogP contribution is 2.25. The zero-order valence-corrected chi connectivity index (χ0v) is 14.4. The summed E-state index contributed by atoms with van der Waals surface area (Å²) in [6.07, 6.45) is 10.1. The van der Waals surface area contributed by atoms with Gasteiger partial charge in [0.05, 0.1) is 0 Å². The molecule has 1 aliphatic heterocycles. The first-order valence-electron chi connectivity index (χ1n) is 6.55. The zero-order valence-electron chi connectivity index (χ0n) is 10.6. The van der Waals surface area contributed by atoms with E-state index >= 15 is 0 Å². The largest absolute Gasteiger partial charge is 0.338 e. The van der Waals surface area contributed by atoms with Gasteiger partial charge in [0, 0.05) is 33.4 Å². The summed E-state index contributed by atoms with van der Waals surface area (Å²) in [7, 11) is 0. The van der Waals surface area contributed by atoms with Gasteiger partial charge in [-0.05, 0) is 41.9 Å². The molecule has 1 aliphatic rings. The topological polar surface area (TPSA) is 29.0 Å². The molecule has 100 valence electrons. The van der Waals surface area contributed by atoms with E-state index < -0.39 is 0 Å². The highest BCUT2D eigenvalue weighted by atomic mass is 127. The second-order valence-corrected chi connectivity index (χ2v) is 7.72. The molecule has 1 fully saturated rings. The summed E-state index contributed by atoms with van der Waals surface area (Å²) in [5, 5.41) is 0. The summed E-state index contributed by atoms with van der Waals surface area (Å²) in [5.74, 6) is 0.899. The number of halogens is 2. The molecule has 1 aromatic rings. The van der Waals surface area contributed by atoms with Gasteiger partial charge in [-0.25, -0.2) is 9.97 Å². The summed E-state index contributed by atoms with van der Waals surface area (Å²) in [6, 6.07) is 0.571. The summed E-state index contributed by atoms with van der Waals surface area (Å²) >= 11 is 5.93. The monoisotopic (exact) mass is 423 g/mol. The molecule has 3 nitrogen and oxygen atoms in total. The summed E-state index contributed by atoms with van der Waals surface area (Å²) in [5.41, 5.74) is 0. The molecule has 0 saturated carbocycles. The van der Waals surface area contributed by atoms with Gasteiger partial charge in [0.2, 0.25) is 5.95 Å². The summed E-state index contributed by atoms with van der Waals surface area (Å²) in [4.78, 5) is 11.9. The Hall–Kier alpha value is 0.0900. The van der Waals surface area contributed by atoms with E-state index in [-0.39, 0.29) is 0 Å². The van der Waals surface area contributed by atoms with Crippen molar-refractivity contribution < 1.29 is 0 Å². The van der Waals surface area contributed by atoms with E-state index in [0.29, 0.717) is 10.9 Å². The van der Waals surface area contributed by atoms with Crippen LogP contribution in [0.15, 0.2) is 12.4 Å². The smallest absolute Gasteiger partial charge is 0.225 e. The van der Waals surface area contributed by atoms with Gasteiger partial charge in [-0.15, -0.1) is 0 Å². The van der Waals surface area contributed by atoms with Gasteiger partial charge in [0.15, 0.2) is 0 Å². The minimum atomic E-state index is 0.548. The number of alkyl halides is 1. The van der Waals surface area contributed by atoms with Crippen LogP contribution in [0.4, 0.5) is 5.95 Å². The van der Waals surface area contributed by atoms with Gasteiger partial charge < -0.3 is 4.90 Å². The van der Waals surface area contributed by atoms with Gasteiger partial charge in [-0.2, -0.15) is 0 Å². The maximum atomic E-state index is 4.49. The van der Waals surface area contributed by atoms with E-state index in [2.05, 4.69) is 60.3 Å². The first-order chi connectivity index (χ1) is 8.66. The van der Waals surface area contributed by atoms with Crippen LogP contribution in [-0.2, 0) is 0 Å². The molecule has 2 unspecified atom stereocenters. The molecule has 2 heterocycles. The second kappa shape index (κ2) is 7.03. The molecule has 2 rings (SSSR count). The van der Waals surface area contributed by atoms with Crippen molar-refractivity contribution in [1.82, 2.24) is 9.97 Å². The molecule has 0 aliphatic carbocycles. The van der Waals surface area contributed by atoms with Crippen molar-refractivity contribution in [2.45, 2.75) is 49.9 Å². The van der Waals surface area contributed by atoms with Crippen molar-refractivity contribution in [2.75, 3.05) is 11.4 Å². The average Bonchev–Trinajstić information content (AvgIpc) is 2.55. The van der Waals surface area contributed by atoms with Crippen molar-refractivity contribution in [2.24, 2.45) is 0 Å². The van der Waals surface area contributed by atoms with Gasteiger partial charge >= 0.3 is 0 Å². The lowest BCUT2D eigenvalue weighted by atomic mass is 10.1. The fourth-order valence-corrected chi connectivity index (χ4v) is 3.22. The quantitative estimate of drug-likeness (QED) is 0.543. The van der Waals surface area contributed by atoms with Crippen molar-refractivity contribution in [1.29, 1.82) is 0 Å². The minimum absolute atomic E-state index is 0.548. The molecule has 2 atom stereocenters. The minimum Gasteiger partial charge on any atom is -0.338 e. The molecular formula is C13H19BrIN3. The Kier molecular flexibility index (Phi) is 5.66. The molecule has 0 radical (unpaired) electrons. The highest BCUT2D eigenvalue weighted by molar-refractivity contribution is 14.1. The lowest BCUT2D eigenvalue weighted by Gasteiger charge is -2.30. The first-order valence-corrected chi connectivity index (χ1v) is 8.54. The number of anilines is 1. The van der Waals surface area contributed by atoms with Gasteiger partial charge in [-0.3, -0.25) is 0 Å². The normalized spacial score (nSPS) is 22.6. The Balaban J connectivity index is 2.16. The van der Waals surface area contributed by atoms with Crippen molar-refractivity contribution in [3.8, 4) is 0 Å². The first kappa shape index (κ1) is 14.5. The number of aromatic nitrogens is 2. The molecule has 5 heteroatoms. The molecule has 0 amide bonds. The van der Waals surface area contributed by atoms with Gasteiger partial charge in [-0.1, -0.05) is 35.7 Å². The van der Waals surface area contributed by atoms with Gasteiger partial charge in [0.1, 0.15) is 0 Å². The van der Waals surface area contributed by atoms with Crippen LogP contribution < -0.4 is 4.90 Å². The lowest BCUT2D eigenvalue weighted by Crippen LogP contribution is -2.37. The number of hydrogen-bond acceptors (Lipinski definition) is 3. The number of rotatable bonds is 3. The van der Waals surface area contributed by atoms with Crippen LogP contribution in [0.5, 0.6) is 0 Å². The van der Waals surface area contributed by atoms with Gasteiger partial charge in [0.25, 0.3) is 0 Å². The van der Waals surface area contributed by atoms with Crippen LogP contribution in [0.1, 0.15) is 39.0 Å². The Morgan fingerprint density at radius 3 is 2.78 bits per heavy atom. The van der Waals surface area contributed by atoms with Crippen LogP contribution in [0.2, 0.25) is 0 Å². The number of nitrogens with zero attached hydrogens (tertiary/aromatic N) is 3. The van der Waals surface area contributed by atoms with E-state index in [9.17, 15) is 0 Å². The van der Waals surface area contributed by atoms with E-state index in [1.54, 1.807) is 0 Å². The van der Waals surface area contributed by atoms with Crippen LogP contribution in [0.25, 0.3) is 0 Å². The standard InChI is InChI=1S/C13H19BrIN3/c1-10(14)7-12-5-3-2-4-6-18(12)13-16-8-11(15)9-17-13/h8-10,12H,2-7H2,1H3. The molecule has 1 aromatic heterocycles. The zero-order chi connectivity index (χ0) is 13.0. The Morgan fingerprint density at radius 2 is 2.11 bits per heavy atom. The molecule has 18 heavy (non-hydrogen) atoms. The maximum Gasteiger partial charge on any atom is 0.225 e. The fraction of sp³-hybridized carbons (Fsp3) is 0.692. The molecule has 0 bridgehead atoms. The van der Waals surface area contributed by atoms with E-state index in [1.165, 1.54) is 25.7 Å². The van der Waals surface area contributed by atoms with Crippen molar-refractivity contribution >= 4 is 44.5 Å². The Labute approximate surface area is 131 Å². The molecule has 0 spiro atoms. The van der Waals surface area contributed by atoms with E-state index in [4.69, 9.17) is 0 Å². The third-order valence-corrected chi connectivity index (χ3v) is 4.27. The predicted octanol–water partition coefficient (Wildman–Crippen LogP) is 4.00. The lowest BCUT2D eigenvalue weighted by molar-refractivity contribution is 0.527. The molecular weight excluding hydrogens is 405 g/mol. The van der Waals surface area contributed by atoms with Crippen molar-refractivity contribution in [3.05, 3.63) is 16.0 Å². The fourth-order valence-electron chi connectivity index (χ4n) is 2.51. The SMILES string of the molecule is CC(Br)CC1CCCCCN1c1ncc(I)cn1. The third-order valence-electron chi connectivity index (χ3n) is 3.34. The van der Waals surface area contributed by atoms with Crippen molar-refractivity contribution in [3.63, 3.8) is 0 Å². The van der Waals surface area contributed by atoms with Crippen LogP contribution in [0.3, 0.4) is 0 Å². The Bertz CT molecular complexity index is 369. The summed E-state index contributed by atoms with van der Waals surface area (Å²) < 4.78 is 1.09. The molecule has 1 saturated heterocycles. The van der Waals surface area contributed by atoms with Crippen LogP contribution >= 0.6 is 38.5 Å². The van der Waals surface area contributed by atoms with E-state index in [1.807, 2.05) is 12.4 Å². The maximum absolute atomic E-state index is 4.49. The highest BCUT2D eigenvalue weighted by Gasteiger charge is 2.24. The Morgan fingerprint density at radius 1 is 1.39 bits per heavy atom.